The third-order valence-corrected chi connectivity index (χ3v) is 7.11. The van der Waals surface area contributed by atoms with Crippen LogP contribution in [0.4, 0.5) is 0 Å². The van der Waals surface area contributed by atoms with Crippen LogP contribution in [-0.2, 0) is 16.6 Å². The molecule has 6 nitrogen and oxygen atoms in total. The van der Waals surface area contributed by atoms with E-state index in [0.717, 1.165) is 12.8 Å². The number of nitrogens with one attached hydrogen (secondary N) is 1. The second-order valence-corrected chi connectivity index (χ2v) is 8.96. The minimum atomic E-state index is -3.67. The third-order valence-electron chi connectivity index (χ3n) is 5.18. The van der Waals surface area contributed by atoms with Gasteiger partial charge < -0.3 is 10.4 Å². The number of fused-ring (bicyclic) bond motifs is 1. The Kier molecular flexibility index (Phi) is 5.30. The topological polar surface area (TPSA) is 82.5 Å². The Morgan fingerprint density at radius 1 is 1.07 bits per heavy atom. The van der Waals surface area contributed by atoms with Gasteiger partial charge in [0.15, 0.2) is 0 Å². The van der Waals surface area contributed by atoms with E-state index < -0.39 is 10.0 Å². The molecule has 1 saturated heterocycles. The molecule has 0 aliphatic carbocycles. The van der Waals surface area contributed by atoms with Gasteiger partial charge in [-0.3, -0.25) is 0 Å². The second kappa shape index (κ2) is 7.87. The lowest BCUT2D eigenvalue weighted by atomic mass is 10.1. The first-order valence-electron chi connectivity index (χ1n) is 9.40. The summed E-state index contributed by atoms with van der Waals surface area (Å²) in [6.45, 7) is 1.65. The SMILES string of the molecule is O=S(=O)(c1cccc2c(O)nccc12)N1CCCC(NCc2ccccc2)C1. The van der Waals surface area contributed by atoms with Gasteiger partial charge in [0.1, 0.15) is 0 Å². The number of piperidine rings is 1. The predicted octanol–water partition coefficient (Wildman–Crippen LogP) is 2.88. The van der Waals surface area contributed by atoms with Crippen LogP contribution in [-0.4, -0.2) is 41.9 Å². The number of nitrogens with zero attached hydrogens (tertiary/aromatic N) is 2. The fourth-order valence-corrected chi connectivity index (χ4v) is 5.44. The van der Waals surface area contributed by atoms with Crippen molar-refractivity contribution in [3.8, 4) is 5.88 Å². The molecule has 3 aromatic rings. The van der Waals surface area contributed by atoms with Gasteiger partial charge in [0.25, 0.3) is 0 Å². The smallest absolute Gasteiger partial charge is 0.243 e. The number of rotatable bonds is 5. The molecule has 0 bridgehead atoms. The Balaban J connectivity index is 1.55. The first-order chi connectivity index (χ1) is 13.6. The van der Waals surface area contributed by atoms with Crippen LogP contribution < -0.4 is 5.32 Å². The average molecular weight is 398 g/mol. The molecule has 146 valence electrons. The van der Waals surface area contributed by atoms with E-state index >= 15 is 0 Å². The van der Waals surface area contributed by atoms with Crippen molar-refractivity contribution in [1.29, 1.82) is 0 Å². The van der Waals surface area contributed by atoms with Crippen molar-refractivity contribution >= 4 is 20.8 Å². The molecule has 0 amide bonds. The molecule has 7 heteroatoms. The van der Waals surface area contributed by atoms with Gasteiger partial charge in [-0.05, 0) is 36.6 Å². The van der Waals surface area contributed by atoms with Crippen LogP contribution in [0.25, 0.3) is 10.8 Å². The number of aromatic nitrogens is 1. The van der Waals surface area contributed by atoms with Crippen LogP contribution in [0.15, 0.2) is 65.7 Å². The van der Waals surface area contributed by atoms with Crippen LogP contribution in [0.5, 0.6) is 5.88 Å². The molecule has 4 rings (SSSR count). The van der Waals surface area contributed by atoms with Crippen molar-refractivity contribution in [2.45, 2.75) is 30.3 Å². The standard InChI is InChI=1S/C21H23N3O3S/c25-21-19-9-4-10-20(18(19)11-12-22-21)28(26,27)24-13-5-8-17(15-24)23-14-16-6-2-1-3-7-16/h1-4,6-7,9-12,17,23H,5,8,13-15H2,(H,22,25). The monoisotopic (exact) mass is 397 g/mol. The Morgan fingerprint density at radius 3 is 2.71 bits per heavy atom. The number of aromatic hydroxyl groups is 1. The fraction of sp³-hybridized carbons (Fsp3) is 0.286. The molecule has 1 aliphatic rings. The molecule has 2 N–H and O–H groups in total. The highest BCUT2D eigenvalue weighted by atomic mass is 32.2. The average Bonchev–Trinajstić information content (AvgIpc) is 2.73. The van der Waals surface area contributed by atoms with Crippen LogP contribution in [0.2, 0.25) is 0 Å². The van der Waals surface area contributed by atoms with Gasteiger partial charge in [-0.2, -0.15) is 4.31 Å². The molecule has 1 atom stereocenters. The normalized spacial score (nSPS) is 18.4. The van der Waals surface area contributed by atoms with E-state index in [-0.39, 0.29) is 16.8 Å². The number of hydrogen-bond donors (Lipinski definition) is 2. The van der Waals surface area contributed by atoms with Gasteiger partial charge in [-0.1, -0.05) is 36.4 Å². The molecule has 2 heterocycles. The van der Waals surface area contributed by atoms with E-state index in [4.69, 9.17) is 0 Å². The molecule has 1 unspecified atom stereocenters. The molecule has 1 aliphatic heterocycles. The Morgan fingerprint density at radius 2 is 1.89 bits per heavy atom. The molecule has 1 aromatic heterocycles. The van der Waals surface area contributed by atoms with Crippen molar-refractivity contribution in [2.75, 3.05) is 13.1 Å². The first-order valence-corrected chi connectivity index (χ1v) is 10.8. The maximum Gasteiger partial charge on any atom is 0.243 e. The summed E-state index contributed by atoms with van der Waals surface area (Å²) in [5.41, 5.74) is 1.18. The third kappa shape index (κ3) is 3.73. The molecule has 28 heavy (non-hydrogen) atoms. The summed E-state index contributed by atoms with van der Waals surface area (Å²) in [7, 11) is -3.67. The summed E-state index contributed by atoms with van der Waals surface area (Å²) in [5.74, 6) is -0.157. The van der Waals surface area contributed by atoms with Crippen LogP contribution in [0, 0.1) is 0 Å². The Bertz CT molecular complexity index is 1070. The van der Waals surface area contributed by atoms with Crippen molar-refractivity contribution in [3.05, 3.63) is 66.4 Å². The fourth-order valence-electron chi connectivity index (χ4n) is 3.71. The van der Waals surface area contributed by atoms with Gasteiger partial charge in [0.2, 0.25) is 15.9 Å². The summed E-state index contributed by atoms with van der Waals surface area (Å²) in [6, 6.07) is 16.8. The van der Waals surface area contributed by atoms with Crippen LogP contribution in [0.1, 0.15) is 18.4 Å². The lowest BCUT2D eigenvalue weighted by molar-refractivity contribution is 0.282. The van der Waals surface area contributed by atoms with Crippen molar-refractivity contribution in [2.24, 2.45) is 0 Å². The summed E-state index contributed by atoms with van der Waals surface area (Å²) < 4.78 is 28.2. The van der Waals surface area contributed by atoms with Crippen molar-refractivity contribution in [1.82, 2.24) is 14.6 Å². The first kappa shape index (κ1) is 18.9. The van der Waals surface area contributed by atoms with Gasteiger partial charge in [-0.25, -0.2) is 13.4 Å². The predicted molar refractivity (Wildman–Crippen MR) is 108 cm³/mol. The number of benzene rings is 2. The molecule has 2 aromatic carbocycles. The zero-order valence-electron chi connectivity index (χ0n) is 15.5. The maximum atomic E-state index is 13.3. The van der Waals surface area contributed by atoms with E-state index in [2.05, 4.69) is 22.4 Å². The van der Waals surface area contributed by atoms with E-state index in [0.29, 0.717) is 30.4 Å². The van der Waals surface area contributed by atoms with Crippen LogP contribution in [0.3, 0.4) is 0 Å². The zero-order chi connectivity index (χ0) is 19.6. The molecule has 0 radical (unpaired) electrons. The molecule has 1 fully saturated rings. The van der Waals surface area contributed by atoms with E-state index in [1.807, 2.05) is 18.2 Å². The highest BCUT2D eigenvalue weighted by Crippen LogP contribution is 2.30. The zero-order valence-corrected chi connectivity index (χ0v) is 16.3. The molecule has 0 saturated carbocycles. The lowest BCUT2D eigenvalue weighted by Crippen LogP contribution is -2.47. The molecule has 0 spiro atoms. The van der Waals surface area contributed by atoms with Crippen LogP contribution >= 0.6 is 0 Å². The van der Waals surface area contributed by atoms with Gasteiger partial charge in [-0.15, -0.1) is 0 Å². The summed E-state index contributed by atoms with van der Waals surface area (Å²) >= 11 is 0. The number of pyridine rings is 1. The van der Waals surface area contributed by atoms with Gasteiger partial charge >= 0.3 is 0 Å². The van der Waals surface area contributed by atoms with Gasteiger partial charge in [0, 0.05) is 42.6 Å². The maximum absolute atomic E-state index is 13.3. The molecular formula is C21H23N3O3S. The quantitative estimate of drug-likeness (QED) is 0.692. The lowest BCUT2D eigenvalue weighted by Gasteiger charge is -2.32. The number of sulfonamides is 1. The highest BCUT2D eigenvalue weighted by molar-refractivity contribution is 7.89. The van der Waals surface area contributed by atoms with E-state index in [1.165, 1.54) is 11.8 Å². The summed E-state index contributed by atoms with van der Waals surface area (Å²) in [5, 5.41) is 14.4. The summed E-state index contributed by atoms with van der Waals surface area (Å²) in [6.07, 6.45) is 3.18. The van der Waals surface area contributed by atoms with Gasteiger partial charge in [0.05, 0.1) is 4.90 Å². The largest absolute Gasteiger partial charge is 0.493 e. The van der Waals surface area contributed by atoms with E-state index in [9.17, 15) is 13.5 Å². The highest BCUT2D eigenvalue weighted by Gasteiger charge is 2.31. The molecular weight excluding hydrogens is 374 g/mol. The number of hydrogen-bond acceptors (Lipinski definition) is 5. The van der Waals surface area contributed by atoms with E-state index in [1.54, 1.807) is 28.6 Å². The minimum absolute atomic E-state index is 0.105. The van der Waals surface area contributed by atoms with Crippen molar-refractivity contribution < 1.29 is 13.5 Å². The minimum Gasteiger partial charge on any atom is -0.493 e. The Labute approximate surface area is 164 Å². The summed E-state index contributed by atoms with van der Waals surface area (Å²) in [4.78, 5) is 4.06. The second-order valence-electron chi connectivity index (χ2n) is 7.05. The van der Waals surface area contributed by atoms with Crippen molar-refractivity contribution in [3.63, 3.8) is 0 Å². The Hall–Kier alpha value is -2.48.